The Morgan fingerprint density at radius 1 is 1.07 bits per heavy atom. The number of halogens is 1. The Hall–Kier alpha value is -2.76. The van der Waals surface area contributed by atoms with Crippen molar-refractivity contribution in [2.24, 2.45) is 0 Å². The summed E-state index contributed by atoms with van der Waals surface area (Å²) in [6, 6.07) is 17.1. The Balaban J connectivity index is 1.79. The third-order valence-electron chi connectivity index (χ3n) is 4.63. The highest BCUT2D eigenvalue weighted by Gasteiger charge is 2.23. The van der Waals surface area contributed by atoms with Crippen LogP contribution < -0.4 is 4.90 Å². The molecule has 2 heterocycles. The van der Waals surface area contributed by atoms with Crippen molar-refractivity contribution in [1.82, 2.24) is 9.97 Å². The highest BCUT2D eigenvalue weighted by atomic mass is 35.5. The van der Waals surface area contributed by atoms with Crippen molar-refractivity contribution < 1.29 is 4.79 Å². The van der Waals surface area contributed by atoms with Gasteiger partial charge in [0.25, 0.3) is 5.91 Å². The number of aryl methyl sites for hydroxylation is 2. The molecule has 0 spiro atoms. The maximum Gasteiger partial charge on any atom is 0.260 e. The molecule has 4 rings (SSSR count). The minimum Gasteiger partial charge on any atom is -0.278 e. The third-order valence-corrected chi connectivity index (χ3v) is 5.98. The predicted molar refractivity (Wildman–Crippen MR) is 115 cm³/mol. The summed E-state index contributed by atoms with van der Waals surface area (Å²) in [5.74, 6) is -0.107. The number of para-hydroxylation sites is 1. The number of fused-ring (bicyclic) bond motifs is 1. The second-order valence-corrected chi connectivity index (χ2v) is 8.01. The summed E-state index contributed by atoms with van der Waals surface area (Å²) in [6.07, 6.45) is 1.73. The molecule has 0 saturated carbocycles. The first kappa shape index (κ1) is 18.6. The van der Waals surface area contributed by atoms with Gasteiger partial charge in [-0.15, -0.1) is 0 Å². The number of nitrogens with zero attached hydrogens (tertiary/aromatic N) is 3. The number of carbonyl (C=O) groups is 1. The highest BCUT2D eigenvalue weighted by Crippen LogP contribution is 2.34. The van der Waals surface area contributed by atoms with Gasteiger partial charge in [-0.25, -0.2) is 4.98 Å². The van der Waals surface area contributed by atoms with Crippen molar-refractivity contribution in [3.63, 3.8) is 0 Å². The molecule has 0 radical (unpaired) electrons. The van der Waals surface area contributed by atoms with Gasteiger partial charge in [0, 0.05) is 11.8 Å². The van der Waals surface area contributed by atoms with Crippen LogP contribution in [0.2, 0.25) is 5.02 Å². The number of hydrogen-bond acceptors (Lipinski definition) is 4. The van der Waals surface area contributed by atoms with Gasteiger partial charge in [0.2, 0.25) is 0 Å². The molecule has 0 N–H and O–H groups in total. The fraction of sp³-hybridized carbons (Fsp3) is 0.136. The first-order valence-electron chi connectivity index (χ1n) is 8.87. The van der Waals surface area contributed by atoms with E-state index >= 15 is 0 Å². The summed E-state index contributed by atoms with van der Waals surface area (Å²) < 4.78 is 0.946. The first-order valence-corrected chi connectivity index (χ1v) is 10.1. The van der Waals surface area contributed by atoms with Crippen LogP contribution in [0, 0.1) is 13.8 Å². The number of anilines is 1. The summed E-state index contributed by atoms with van der Waals surface area (Å²) in [7, 11) is 0. The van der Waals surface area contributed by atoms with Gasteiger partial charge in [0.15, 0.2) is 5.13 Å². The molecule has 2 aromatic heterocycles. The lowest BCUT2D eigenvalue weighted by molar-refractivity contribution is 0.0984. The average molecular weight is 408 g/mol. The lowest BCUT2D eigenvalue weighted by Crippen LogP contribution is -2.30. The number of amides is 1. The number of thiazole rings is 1. The van der Waals surface area contributed by atoms with Gasteiger partial charge in [-0.1, -0.05) is 41.1 Å². The van der Waals surface area contributed by atoms with Crippen LogP contribution in [0.1, 0.15) is 27.2 Å². The molecule has 0 aliphatic carbocycles. The standard InChI is InChI=1S/C22H18ClN3OS/c1-14-9-10-16(12-15(14)2)21(27)26(13-17-6-3-4-11-24-17)22-25-20-18(23)7-5-8-19(20)28-22/h3-12H,13H2,1-2H3. The molecule has 0 bridgehead atoms. The Morgan fingerprint density at radius 2 is 1.93 bits per heavy atom. The van der Waals surface area contributed by atoms with E-state index in [9.17, 15) is 4.79 Å². The molecule has 0 fully saturated rings. The Labute approximate surface area is 172 Å². The highest BCUT2D eigenvalue weighted by molar-refractivity contribution is 7.22. The van der Waals surface area contributed by atoms with E-state index in [0.717, 1.165) is 21.5 Å². The van der Waals surface area contributed by atoms with Crippen LogP contribution in [0.3, 0.4) is 0 Å². The molecule has 0 atom stereocenters. The molecule has 4 nitrogen and oxygen atoms in total. The van der Waals surface area contributed by atoms with Gasteiger partial charge in [-0.05, 0) is 61.4 Å². The molecule has 0 unspecified atom stereocenters. The van der Waals surface area contributed by atoms with Gasteiger partial charge >= 0.3 is 0 Å². The molecular formula is C22H18ClN3OS. The molecule has 28 heavy (non-hydrogen) atoms. The van der Waals surface area contributed by atoms with Crippen LogP contribution in [0.25, 0.3) is 10.2 Å². The Morgan fingerprint density at radius 3 is 2.64 bits per heavy atom. The van der Waals surface area contributed by atoms with Crippen molar-refractivity contribution in [2.45, 2.75) is 20.4 Å². The van der Waals surface area contributed by atoms with E-state index < -0.39 is 0 Å². The Kier molecular flexibility index (Phi) is 5.11. The molecule has 2 aromatic carbocycles. The fourth-order valence-corrected chi connectivity index (χ4v) is 4.19. The second-order valence-electron chi connectivity index (χ2n) is 6.59. The zero-order chi connectivity index (χ0) is 19.7. The van der Waals surface area contributed by atoms with E-state index in [4.69, 9.17) is 11.6 Å². The molecule has 0 saturated heterocycles. The van der Waals surface area contributed by atoms with Crippen LogP contribution in [-0.2, 0) is 6.54 Å². The van der Waals surface area contributed by atoms with Crippen molar-refractivity contribution >= 4 is 44.2 Å². The lowest BCUT2D eigenvalue weighted by Gasteiger charge is -2.20. The van der Waals surface area contributed by atoms with Crippen LogP contribution >= 0.6 is 22.9 Å². The monoisotopic (exact) mass is 407 g/mol. The van der Waals surface area contributed by atoms with E-state index in [-0.39, 0.29) is 5.91 Å². The molecule has 0 aliphatic heterocycles. The van der Waals surface area contributed by atoms with Crippen LogP contribution in [0.4, 0.5) is 5.13 Å². The SMILES string of the molecule is Cc1ccc(C(=O)N(Cc2ccccn2)c2nc3c(Cl)cccc3s2)cc1C. The smallest absolute Gasteiger partial charge is 0.260 e. The average Bonchev–Trinajstić information content (AvgIpc) is 3.14. The van der Waals surface area contributed by atoms with Crippen LogP contribution in [0.5, 0.6) is 0 Å². The first-order chi connectivity index (χ1) is 13.5. The number of benzene rings is 2. The summed E-state index contributed by atoms with van der Waals surface area (Å²) in [4.78, 5) is 24.1. The zero-order valence-corrected chi connectivity index (χ0v) is 17.1. The van der Waals surface area contributed by atoms with Crippen LogP contribution in [0.15, 0.2) is 60.8 Å². The maximum atomic E-state index is 13.4. The molecule has 4 aromatic rings. The minimum atomic E-state index is -0.107. The fourth-order valence-electron chi connectivity index (χ4n) is 2.93. The number of aromatic nitrogens is 2. The summed E-state index contributed by atoms with van der Waals surface area (Å²) in [6.45, 7) is 4.38. The molecule has 1 amide bonds. The van der Waals surface area contributed by atoms with E-state index in [1.165, 1.54) is 11.3 Å². The van der Waals surface area contributed by atoms with Gasteiger partial charge in [-0.2, -0.15) is 0 Å². The van der Waals surface area contributed by atoms with Gasteiger partial charge in [0.05, 0.1) is 22.0 Å². The van der Waals surface area contributed by atoms with Crippen molar-refractivity contribution in [1.29, 1.82) is 0 Å². The molecule has 0 aliphatic rings. The molecular weight excluding hydrogens is 390 g/mol. The van der Waals surface area contributed by atoms with E-state index in [0.29, 0.717) is 27.8 Å². The predicted octanol–water partition coefficient (Wildman–Crippen LogP) is 5.81. The van der Waals surface area contributed by atoms with Gasteiger partial charge < -0.3 is 0 Å². The normalized spacial score (nSPS) is 11.0. The third kappa shape index (κ3) is 3.63. The van der Waals surface area contributed by atoms with E-state index in [2.05, 4.69) is 9.97 Å². The maximum absolute atomic E-state index is 13.4. The zero-order valence-electron chi connectivity index (χ0n) is 15.5. The van der Waals surface area contributed by atoms with Crippen molar-refractivity contribution in [2.75, 3.05) is 4.90 Å². The number of rotatable bonds is 4. The number of carbonyl (C=O) groups excluding carboxylic acids is 1. The number of hydrogen-bond donors (Lipinski definition) is 0. The molecule has 140 valence electrons. The topological polar surface area (TPSA) is 46.1 Å². The number of pyridine rings is 1. The second kappa shape index (κ2) is 7.70. The van der Waals surface area contributed by atoms with E-state index in [1.807, 2.05) is 68.4 Å². The summed E-state index contributed by atoms with van der Waals surface area (Å²) in [5, 5.41) is 1.19. The van der Waals surface area contributed by atoms with Gasteiger partial charge in [0.1, 0.15) is 5.52 Å². The van der Waals surface area contributed by atoms with Crippen molar-refractivity contribution in [3.8, 4) is 0 Å². The largest absolute Gasteiger partial charge is 0.278 e. The summed E-state index contributed by atoms with van der Waals surface area (Å²) >= 11 is 7.75. The quantitative estimate of drug-likeness (QED) is 0.429. The molecule has 6 heteroatoms. The summed E-state index contributed by atoms with van der Waals surface area (Å²) in [5.41, 5.74) is 4.37. The van der Waals surface area contributed by atoms with Crippen molar-refractivity contribution in [3.05, 3.63) is 88.2 Å². The van der Waals surface area contributed by atoms with E-state index in [1.54, 1.807) is 11.1 Å². The van der Waals surface area contributed by atoms with Gasteiger partial charge in [-0.3, -0.25) is 14.7 Å². The lowest BCUT2D eigenvalue weighted by atomic mass is 10.1. The van der Waals surface area contributed by atoms with Crippen LogP contribution in [-0.4, -0.2) is 15.9 Å². The Bertz CT molecular complexity index is 1160. The minimum absolute atomic E-state index is 0.107.